The summed E-state index contributed by atoms with van der Waals surface area (Å²) in [6.45, 7) is 1.78. The molecule has 0 amide bonds. The lowest BCUT2D eigenvalue weighted by Gasteiger charge is -2.14. The van der Waals surface area contributed by atoms with Crippen LogP contribution in [0.1, 0.15) is 28.1 Å². The Labute approximate surface area is 135 Å². The molecule has 0 fully saturated rings. The topological polar surface area (TPSA) is 33.1 Å². The van der Waals surface area contributed by atoms with Gasteiger partial charge < -0.3 is 5.11 Å². The molecule has 20 heavy (non-hydrogen) atoms. The van der Waals surface area contributed by atoms with Crippen LogP contribution in [0.15, 0.2) is 30.3 Å². The number of aromatic hydroxyl groups is 1. The molecule has 0 radical (unpaired) electrons. The largest absolute Gasteiger partial charge is 0.506 e. The van der Waals surface area contributed by atoms with Crippen molar-refractivity contribution < 1.29 is 5.11 Å². The molecule has 1 aromatic heterocycles. The summed E-state index contributed by atoms with van der Waals surface area (Å²) in [6, 6.07) is 10.0. The van der Waals surface area contributed by atoms with Gasteiger partial charge in [-0.15, -0.1) is 35.6 Å². The second kappa shape index (κ2) is 7.72. The van der Waals surface area contributed by atoms with Gasteiger partial charge in [-0.3, -0.25) is 4.98 Å². The van der Waals surface area contributed by atoms with E-state index in [1.807, 2.05) is 30.3 Å². The van der Waals surface area contributed by atoms with Crippen molar-refractivity contribution in [2.75, 3.05) is 0 Å². The zero-order valence-electron chi connectivity index (χ0n) is 11.1. The third-order valence-corrected chi connectivity index (χ3v) is 3.66. The van der Waals surface area contributed by atoms with Gasteiger partial charge in [0.15, 0.2) is 0 Å². The van der Waals surface area contributed by atoms with E-state index in [0.29, 0.717) is 23.6 Å². The minimum Gasteiger partial charge on any atom is -0.506 e. The highest BCUT2D eigenvalue weighted by molar-refractivity contribution is 6.19. The lowest BCUT2D eigenvalue weighted by Crippen LogP contribution is -2.04. The fourth-order valence-electron chi connectivity index (χ4n) is 2.10. The minimum absolute atomic E-state index is 0. The molecule has 0 aliphatic heterocycles. The van der Waals surface area contributed by atoms with E-state index in [4.69, 9.17) is 23.2 Å². The number of benzene rings is 1. The first-order valence-electron chi connectivity index (χ1n) is 6.03. The molecule has 0 bridgehead atoms. The van der Waals surface area contributed by atoms with Gasteiger partial charge in [-0.2, -0.15) is 0 Å². The van der Waals surface area contributed by atoms with Gasteiger partial charge in [-0.1, -0.05) is 30.3 Å². The second-order valence-electron chi connectivity index (χ2n) is 4.38. The Kier molecular flexibility index (Phi) is 6.60. The van der Waals surface area contributed by atoms with Crippen molar-refractivity contribution in [2.45, 2.75) is 25.1 Å². The fourth-order valence-corrected chi connectivity index (χ4v) is 2.70. The molecule has 5 heteroatoms. The van der Waals surface area contributed by atoms with E-state index < -0.39 is 0 Å². The van der Waals surface area contributed by atoms with E-state index in [-0.39, 0.29) is 24.0 Å². The molecule has 0 saturated heterocycles. The number of hydrogen-bond donors (Lipinski definition) is 1. The van der Waals surface area contributed by atoms with Crippen molar-refractivity contribution in [3.8, 4) is 5.75 Å². The summed E-state index contributed by atoms with van der Waals surface area (Å²) in [6.07, 6.45) is 0.688. The van der Waals surface area contributed by atoms with Crippen molar-refractivity contribution in [3.63, 3.8) is 0 Å². The summed E-state index contributed by atoms with van der Waals surface area (Å²) >= 11 is 11.9. The maximum atomic E-state index is 9.99. The zero-order chi connectivity index (χ0) is 13.8. The molecule has 108 valence electrons. The quantitative estimate of drug-likeness (QED) is 0.831. The summed E-state index contributed by atoms with van der Waals surface area (Å²) in [5, 5.41) is 9.99. The van der Waals surface area contributed by atoms with Crippen LogP contribution in [0, 0.1) is 6.92 Å². The first-order chi connectivity index (χ1) is 9.17. The zero-order valence-corrected chi connectivity index (χ0v) is 13.4. The first kappa shape index (κ1) is 17.1. The van der Waals surface area contributed by atoms with E-state index in [0.717, 1.165) is 16.8 Å². The van der Waals surface area contributed by atoms with Crippen LogP contribution in [0.25, 0.3) is 0 Å². The Morgan fingerprint density at radius 2 is 1.65 bits per heavy atom. The third-order valence-electron chi connectivity index (χ3n) is 3.13. The van der Waals surface area contributed by atoms with Crippen LogP contribution in [0.4, 0.5) is 0 Å². The molecule has 0 spiro atoms. The second-order valence-corrected chi connectivity index (χ2v) is 4.91. The van der Waals surface area contributed by atoms with Gasteiger partial charge in [0.1, 0.15) is 5.75 Å². The monoisotopic (exact) mass is 331 g/mol. The van der Waals surface area contributed by atoms with Crippen molar-refractivity contribution in [3.05, 3.63) is 58.4 Å². The van der Waals surface area contributed by atoms with Gasteiger partial charge in [0.2, 0.25) is 0 Å². The Bertz CT molecular complexity index is 573. The van der Waals surface area contributed by atoms with Gasteiger partial charge in [0, 0.05) is 17.9 Å². The number of aromatic nitrogens is 1. The van der Waals surface area contributed by atoms with Gasteiger partial charge >= 0.3 is 0 Å². The number of hydrogen-bond acceptors (Lipinski definition) is 2. The van der Waals surface area contributed by atoms with Crippen LogP contribution in [0.3, 0.4) is 0 Å². The molecule has 0 atom stereocenters. The fraction of sp³-hybridized carbons (Fsp3) is 0.267. The molecule has 2 rings (SSSR count). The lowest BCUT2D eigenvalue weighted by molar-refractivity contribution is 0.461. The predicted molar refractivity (Wildman–Crippen MR) is 86.2 cm³/mol. The smallest absolute Gasteiger partial charge is 0.141 e. The Hall–Kier alpha value is -0.960. The minimum atomic E-state index is 0. The molecule has 1 N–H and O–H groups in total. The molecule has 2 aromatic rings. The molecule has 0 unspecified atom stereocenters. The van der Waals surface area contributed by atoms with Gasteiger partial charge in [-0.25, -0.2) is 0 Å². The maximum absolute atomic E-state index is 9.99. The van der Waals surface area contributed by atoms with E-state index in [9.17, 15) is 5.11 Å². The van der Waals surface area contributed by atoms with Crippen molar-refractivity contribution in [1.82, 2.24) is 4.98 Å². The highest BCUT2D eigenvalue weighted by Gasteiger charge is 2.16. The number of pyridine rings is 1. The van der Waals surface area contributed by atoms with E-state index in [2.05, 4.69) is 4.98 Å². The van der Waals surface area contributed by atoms with Crippen molar-refractivity contribution in [1.29, 1.82) is 0 Å². The Balaban J connectivity index is 0.00000200. The molecule has 1 heterocycles. The summed E-state index contributed by atoms with van der Waals surface area (Å²) in [7, 11) is 0. The van der Waals surface area contributed by atoms with Crippen LogP contribution in [0.5, 0.6) is 5.75 Å². The number of alkyl halides is 2. The van der Waals surface area contributed by atoms with Crippen LogP contribution in [-0.2, 0) is 18.2 Å². The normalized spacial score (nSPS) is 10.2. The van der Waals surface area contributed by atoms with Crippen LogP contribution in [0.2, 0.25) is 0 Å². The highest BCUT2D eigenvalue weighted by atomic mass is 35.5. The number of halogens is 3. The summed E-state index contributed by atoms with van der Waals surface area (Å²) in [5.41, 5.74) is 4.16. The predicted octanol–water partition coefficient (Wildman–Crippen LogP) is 4.59. The Morgan fingerprint density at radius 1 is 1.05 bits per heavy atom. The third kappa shape index (κ3) is 3.57. The summed E-state index contributed by atoms with van der Waals surface area (Å²) in [4.78, 5) is 4.45. The van der Waals surface area contributed by atoms with E-state index in [1.165, 1.54) is 0 Å². The number of aryl methyl sites for hydroxylation is 1. The van der Waals surface area contributed by atoms with Crippen LogP contribution < -0.4 is 0 Å². The molecular formula is C15H16Cl3NO. The highest BCUT2D eigenvalue weighted by Crippen LogP contribution is 2.30. The summed E-state index contributed by atoms with van der Waals surface area (Å²) < 4.78 is 0. The SMILES string of the molecule is Cc1nc(Cc2ccccc2)c(CCl)c(CCl)c1O.Cl. The lowest BCUT2D eigenvalue weighted by atomic mass is 10.0. The molecular weight excluding hydrogens is 317 g/mol. The Morgan fingerprint density at radius 3 is 2.20 bits per heavy atom. The van der Waals surface area contributed by atoms with Crippen molar-refractivity contribution in [2.24, 2.45) is 0 Å². The van der Waals surface area contributed by atoms with Crippen molar-refractivity contribution >= 4 is 35.6 Å². The van der Waals surface area contributed by atoms with Crippen LogP contribution >= 0.6 is 35.6 Å². The maximum Gasteiger partial charge on any atom is 0.141 e. The number of rotatable bonds is 4. The summed E-state index contributed by atoms with van der Waals surface area (Å²) in [5.74, 6) is 0.687. The molecule has 2 nitrogen and oxygen atoms in total. The molecule has 0 aliphatic carbocycles. The number of nitrogens with zero attached hydrogens (tertiary/aromatic N) is 1. The molecule has 0 saturated carbocycles. The first-order valence-corrected chi connectivity index (χ1v) is 7.10. The van der Waals surface area contributed by atoms with Gasteiger partial charge in [0.25, 0.3) is 0 Å². The van der Waals surface area contributed by atoms with Crippen LogP contribution in [-0.4, -0.2) is 10.1 Å². The van der Waals surface area contributed by atoms with E-state index in [1.54, 1.807) is 6.92 Å². The molecule has 1 aromatic carbocycles. The standard InChI is InChI=1S/C15H15Cl2NO.ClH/c1-10-15(19)13(9-17)12(8-16)14(18-10)7-11-5-3-2-4-6-11;/h2-6,19H,7-9H2,1H3;1H. The average Bonchev–Trinajstić information content (AvgIpc) is 2.43. The molecule has 0 aliphatic rings. The van der Waals surface area contributed by atoms with E-state index >= 15 is 0 Å². The van der Waals surface area contributed by atoms with Gasteiger partial charge in [0.05, 0.1) is 17.3 Å². The average molecular weight is 333 g/mol. The van der Waals surface area contributed by atoms with Gasteiger partial charge in [-0.05, 0) is 18.1 Å².